The zero-order chi connectivity index (χ0) is 12.8. The van der Waals surface area contributed by atoms with Gasteiger partial charge in [0.1, 0.15) is 0 Å². The molecule has 1 rings (SSSR count). The van der Waals surface area contributed by atoms with Crippen LogP contribution < -0.4 is 0 Å². The molecule has 0 saturated heterocycles. The zero-order valence-corrected chi connectivity index (χ0v) is 10.9. The summed E-state index contributed by atoms with van der Waals surface area (Å²) in [6.45, 7) is 0.879. The van der Waals surface area contributed by atoms with Gasteiger partial charge in [-0.15, -0.1) is 0 Å². The molecule has 1 aromatic rings. The molecule has 0 saturated carbocycles. The van der Waals surface area contributed by atoms with E-state index in [9.17, 15) is 9.00 Å². The third kappa shape index (κ3) is 4.66. The first-order chi connectivity index (χ1) is 8.00. The van der Waals surface area contributed by atoms with Crippen molar-refractivity contribution in [2.45, 2.75) is 11.3 Å². The van der Waals surface area contributed by atoms with Gasteiger partial charge in [0.25, 0.3) is 0 Å². The molecule has 0 fully saturated rings. The first kappa shape index (κ1) is 13.9. The second-order valence-electron chi connectivity index (χ2n) is 4.04. The number of benzene rings is 1. The summed E-state index contributed by atoms with van der Waals surface area (Å²) in [7, 11) is 2.82. The number of rotatable bonds is 6. The van der Waals surface area contributed by atoms with E-state index in [4.69, 9.17) is 5.11 Å². The fraction of sp³-hybridized carbons (Fsp3) is 0.417. The van der Waals surface area contributed by atoms with Crippen LogP contribution in [0.4, 0.5) is 0 Å². The summed E-state index contributed by atoms with van der Waals surface area (Å²) in [4.78, 5) is 13.4. The summed E-state index contributed by atoms with van der Waals surface area (Å²) in [5.74, 6) is -0.432. The molecule has 0 aliphatic heterocycles. The van der Waals surface area contributed by atoms with Crippen molar-refractivity contribution in [1.82, 2.24) is 4.90 Å². The van der Waals surface area contributed by atoms with Crippen LogP contribution in [0, 0.1) is 0 Å². The Morgan fingerprint density at radius 1 is 1.41 bits per heavy atom. The Morgan fingerprint density at radius 2 is 2.12 bits per heavy atom. The predicted molar refractivity (Wildman–Crippen MR) is 67.8 cm³/mol. The number of aromatic carboxylic acids is 1. The van der Waals surface area contributed by atoms with Crippen LogP contribution in [0.25, 0.3) is 0 Å². The molecular weight excluding hydrogens is 238 g/mol. The molecule has 5 heteroatoms. The number of carbonyl (C=O) groups is 1. The number of hydrogen-bond donors (Lipinski definition) is 1. The average Bonchev–Trinajstić information content (AvgIpc) is 2.28. The van der Waals surface area contributed by atoms with E-state index in [0.29, 0.717) is 10.6 Å². The van der Waals surface area contributed by atoms with E-state index in [1.165, 1.54) is 12.1 Å². The Bertz CT molecular complexity index is 418. The molecule has 0 amide bonds. The van der Waals surface area contributed by atoms with Crippen molar-refractivity contribution < 1.29 is 14.1 Å². The van der Waals surface area contributed by atoms with Gasteiger partial charge >= 0.3 is 5.97 Å². The standard InChI is InChI=1S/C12H17NO3S/c1-13(2)7-4-8-17(16)11-6-3-5-10(9-11)12(14)15/h3,5-6,9H,4,7-8H2,1-2H3,(H,14,15). The van der Waals surface area contributed by atoms with Crippen LogP contribution in [0.2, 0.25) is 0 Å². The molecule has 1 N–H and O–H groups in total. The van der Waals surface area contributed by atoms with E-state index < -0.39 is 16.8 Å². The SMILES string of the molecule is CN(C)CCCS(=O)c1cccc(C(=O)O)c1. The number of hydrogen-bond acceptors (Lipinski definition) is 3. The Morgan fingerprint density at radius 3 is 2.71 bits per heavy atom. The molecular formula is C12H17NO3S. The van der Waals surface area contributed by atoms with E-state index in [-0.39, 0.29) is 5.56 Å². The quantitative estimate of drug-likeness (QED) is 0.835. The highest BCUT2D eigenvalue weighted by Gasteiger charge is 2.08. The molecule has 4 nitrogen and oxygen atoms in total. The Hall–Kier alpha value is -1.20. The van der Waals surface area contributed by atoms with Crippen LogP contribution in [-0.4, -0.2) is 46.6 Å². The fourth-order valence-electron chi connectivity index (χ4n) is 1.40. The highest BCUT2D eigenvalue weighted by Crippen LogP contribution is 2.11. The van der Waals surface area contributed by atoms with Gasteiger partial charge in [-0.05, 0) is 45.3 Å². The minimum absolute atomic E-state index is 0.184. The predicted octanol–water partition coefficient (Wildman–Crippen LogP) is 1.44. The minimum atomic E-state index is -1.12. The van der Waals surface area contributed by atoms with Gasteiger partial charge in [-0.25, -0.2) is 4.79 Å². The highest BCUT2D eigenvalue weighted by atomic mass is 32.2. The zero-order valence-electron chi connectivity index (χ0n) is 10.0. The number of carboxylic acid groups (broad SMARTS) is 1. The lowest BCUT2D eigenvalue weighted by Crippen LogP contribution is -2.15. The minimum Gasteiger partial charge on any atom is -0.478 e. The molecule has 1 unspecified atom stereocenters. The molecule has 0 spiro atoms. The summed E-state index contributed by atoms with van der Waals surface area (Å²) >= 11 is 0. The maximum atomic E-state index is 11.9. The maximum absolute atomic E-state index is 11.9. The van der Waals surface area contributed by atoms with Crippen LogP contribution in [0.15, 0.2) is 29.2 Å². The molecule has 0 aromatic heterocycles. The molecule has 1 atom stereocenters. The largest absolute Gasteiger partial charge is 0.478 e. The van der Waals surface area contributed by atoms with Crippen LogP contribution >= 0.6 is 0 Å². The summed E-state index contributed by atoms with van der Waals surface area (Å²) < 4.78 is 11.9. The lowest BCUT2D eigenvalue weighted by Gasteiger charge is -2.08. The van der Waals surface area contributed by atoms with Crippen molar-refractivity contribution in [3.8, 4) is 0 Å². The molecule has 0 bridgehead atoms. The van der Waals surface area contributed by atoms with Crippen LogP contribution in [0.1, 0.15) is 16.8 Å². The molecule has 0 aliphatic rings. The van der Waals surface area contributed by atoms with Crippen molar-refractivity contribution in [2.24, 2.45) is 0 Å². The van der Waals surface area contributed by atoms with Gasteiger partial charge < -0.3 is 10.0 Å². The Balaban J connectivity index is 2.63. The van der Waals surface area contributed by atoms with Crippen LogP contribution in [-0.2, 0) is 10.8 Å². The third-order valence-electron chi connectivity index (χ3n) is 2.28. The molecule has 17 heavy (non-hydrogen) atoms. The van der Waals surface area contributed by atoms with Gasteiger partial charge in [-0.3, -0.25) is 4.21 Å². The second kappa shape index (κ2) is 6.51. The molecule has 1 aromatic carbocycles. The summed E-state index contributed by atoms with van der Waals surface area (Å²) in [5, 5.41) is 8.83. The summed E-state index contributed by atoms with van der Waals surface area (Å²) in [6.07, 6.45) is 0.830. The first-order valence-corrected chi connectivity index (χ1v) is 6.69. The summed E-state index contributed by atoms with van der Waals surface area (Å²) in [6, 6.07) is 6.32. The van der Waals surface area contributed by atoms with Crippen LogP contribution in [0.3, 0.4) is 0 Å². The first-order valence-electron chi connectivity index (χ1n) is 5.37. The van der Waals surface area contributed by atoms with Crippen molar-refractivity contribution >= 4 is 16.8 Å². The van der Waals surface area contributed by atoms with Gasteiger partial charge in [0.05, 0.1) is 16.4 Å². The molecule has 0 radical (unpaired) electrons. The maximum Gasteiger partial charge on any atom is 0.335 e. The van der Waals surface area contributed by atoms with Crippen molar-refractivity contribution in [1.29, 1.82) is 0 Å². The summed E-state index contributed by atoms with van der Waals surface area (Å²) in [5.41, 5.74) is 0.184. The van der Waals surface area contributed by atoms with E-state index >= 15 is 0 Å². The van der Waals surface area contributed by atoms with E-state index in [2.05, 4.69) is 0 Å². The highest BCUT2D eigenvalue weighted by molar-refractivity contribution is 7.85. The number of carboxylic acids is 1. The smallest absolute Gasteiger partial charge is 0.335 e. The number of nitrogens with zero attached hydrogens (tertiary/aromatic N) is 1. The fourth-order valence-corrected chi connectivity index (χ4v) is 2.52. The van der Waals surface area contributed by atoms with Gasteiger partial charge in [-0.1, -0.05) is 6.07 Å². The Labute approximate surface area is 104 Å². The Kier molecular flexibility index (Phi) is 5.31. The van der Waals surface area contributed by atoms with Gasteiger partial charge in [-0.2, -0.15) is 0 Å². The lowest BCUT2D eigenvalue weighted by molar-refractivity contribution is 0.0696. The molecule has 94 valence electrons. The normalized spacial score (nSPS) is 12.6. The second-order valence-corrected chi connectivity index (χ2v) is 5.61. The topological polar surface area (TPSA) is 57.6 Å². The third-order valence-corrected chi connectivity index (χ3v) is 3.72. The lowest BCUT2D eigenvalue weighted by atomic mass is 10.2. The van der Waals surface area contributed by atoms with Gasteiger partial charge in [0, 0.05) is 10.6 Å². The van der Waals surface area contributed by atoms with E-state index in [1.54, 1.807) is 12.1 Å². The van der Waals surface area contributed by atoms with Crippen LogP contribution in [0.5, 0.6) is 0 Å². The van der Waals surface area contributed by atoms with Crippen molar-refractivity contribution in [3.05, 3.63) is 29.8 Å². The van der Waals surface area contributed by atoms with E-state index in [1.807, 2.05) is 19.0 Å². The van der Waals surface area contributed by atoms with Crippen molar-refractivity contribution in [2.75, 3.05) is 26.4 Å². The van der Waals surface area contributed by atoms with Gasteiger partial charge in [0.15, 0.2) is 0 Å². The average molecular weight is 255 g/mol. The molecule has 0 aliphatic carbocycles. The van der Waals surface area contributed by atoms with Gasteiger partial charge in [0.2, 0.25) is 0 Å². The monoisotopic (exact) mass is 255 g/mol. The molecule has 0 heterocycles. The van der Waals surface area contributed by atoms with E-state index in [0.717, 1.165) is 13.0 Å². The van der Waals surface area contributed by atoms with Crippen molar-refractivity contribution in [3.63, 3.8) is 0 Å².